The minimum atomic E-state index is -0.395. The van der Waals surface area contributed by atoms with E-state index in [4.69, 9.17) is 21.1 Å². The Morgan fingerprint density at radius 3 is 2.26 bits per heavy atom. The summed E-state index contributed by atoms with van der Waals surface area (Å²) in [4.78, 5) is 24.6. The van der Waals surface area contributed by atoms with Crippen LogP contribution in [0.1, 0.15) is 27.9 Å². The Bertz CT molecular complexity index is 1370. The van der Waals surface area contributed by atoms with Crippen molar-refractivity contribution in [3.05, 3.63) is 119 Å². The van der Waals surface area contributed by atoms with Crippen molar-refractivity contribution in [2.24, 2.45) is 0 Å². The van der Waals surface area contributed by atoms with Gasteiger partial charge in [0, 0.05) is 22.7 Å². The summed E-state index contributed by atoms with van der Waals surface area (Å²) in [5.41, 5.74) is 3.73. The quantitative estimate of drug-likeness (QED) is 0.226. The summed E-state index contributed by atoms with van der Waals surface area (Å²) in [5.74, 6) is 0.518. The molecule has 0 aliphatic rings. The number of amides is 1. The third-order valence-electron chi connectivity index (χ3n) is 5.85. The monoisotopic (exact) mass is 529 g/mol. The molecule has 7 heteroatoms. The van der Waals surface area contributed by atoms with E-state index >= 15 is 0 Å². The zero-order valence-corrected chi connectivity index (χ0v) is 21.7. The predicted molar refractivity (Wildman–Crippen MR) is 147 cm³/mol. The smallest absolute Gasteiger partial charge is 0.307 e. The number of nitrogens with one attached hydrogen (secondary N) is 1. The molecule has 1 N–H and O–H groups in total. The molecule has 4 rings (SSSR count). The third-order valence-corrected chi connectivity index (χ3v) is 6.21. The molecule has 0 saturated heterocycles. The van der Waals surface area contributed by atoms with Gasteiger partial charge < -0.3 is 19.5 Å². The van der Waals surface area contributed by atoms with Crippen LogP contribution in [0.3, 0.4) is 0 Å². The van der Waals surface area contributed by atoms with Crippen LogP contribution in [0.15, 0.2) is 97.1 Å². The van der Waals surface area contributed by atoms with Crippen LogP contribution in [-0.4, -0.2) is 25.5 Å². The highest BCUT2D eigenvalue weighted by Crippen LogP contribution is 2.35. The van der Waals surface area contributed by atoms with E-state index in [0.29, 0.717) is 34.3 Å². The second-order valence-electron chi connectivity index (χ2n) is 8.44. The number of esters is 1. The van der Waals surface area contributed by atoms with Gasteiger partial charge in [0.25, 0.3) is 5.91 Å². The highest BCUT2D eigenvalue weighted by molar-refractivity contribution is 6.31. The molecule has 0 spiro atoms. The van der Waals surface area contributed by atoms with Gasteiger partial charge >= 0.3 is 5.97 Å². The van der Waals surface area contributed by atoms with Crippen molar-refractivity contribution in [3.63, 3.8) is 0 Å². The second-order valence-corrected chi connectivity index (χ2v) is 8.85. The summed E-state index contributed by atoms with van der Waals surface area (Å²) in [6.45, 7) is 0.839. The van der Waals surface area contributed by atoms with Crippen molar-refractivity contribution in [1.29, 1.82) is 0 Å². The molecule has 0 aliphatic heterocycles. The van der Waals surface area contributed by atoms with Crippen LogP contribution in [-0.2, 0) is 22.7 Å². The molecule has 6 nitrogen and oxygen atoms in total. The lowest BCUT2D eigenvalue weighted by Crippen LogP contribution is -2.27. The SMILES string of the molecule is COC(=O)CCNC(=O)c1cccc(OCc2ccccc2Cl)c1-c1ccc(OCc2ccccc2)cc1. The van der Waals surface area contributed by atoms with Gasteiger partial charge in [-0.15, -0.1) is 0 Å². The molecule has 38 heavy (non-hydrogen) atoms. The summed E-state index contributed by atoms with van der Waals surface area (Å²) >= 11 is 6.32. The van der Waals surface area contributed by atoms with Gasteiger partial charge in [0.1, 0.15) is 24.7 Å². The van der Waals surface area contributed by atoms with Crippen LogP contribution in [0.2, 0.25) is 5.02 Å². The van der Waals surface area contributed by atoms with E-state index in [1.54, 1.807) is 18.2 Å². The van der Waals surface area contributed by atoms with Crippen LogP contribution in [0, 0.1) is 0 Å². The summed E-state index contributed by atoms with van der Waals surface area (Å²) in [7, 11) is 1.31. The van der Waals surface area contributed by atoms with Gasteiger partial charge in [-0.2, -0.15) is 0 Å². The highest BCUT2D eigenvalue weighted by Gasteiger charge is 2.18. The molecule has 0 aliphatic carbocycles. The van der Waals surface area contributed by atoms with Gasteiger partial charge in [-0.05, 0) is 41.5 Å². The Kier molecular flexibility index (Phi) is 9.37. The van der Waals surface area contributed by atoms with Crippen molar-refractivity contribution in [2.75, 3.05) is 13.7 Å². The van der Waals surface area contributed by atoms with E-state index < -0.39 is 5.97 Å². The molecular formula is C31H28ClNO5. The number of benzene rings is 4. The van der Waals surface area contributed by atoms with Gasteiger partial charge in [-0.25, -0.2) is 0 Å². The van der Waals surface area contributed by atoms with Gasteiger partial charge in [0.2, 0.25) is 0 Å². The number of ether oxygens (including phenoxy) is 3. The number of rotatable bonds is 11. The fourth-order valence-electron chi connectivity index (χ4n) is 3.84. The Hall–Kier alpha value is -4.29. The van der Waals surface area contributed by atoms with Gasteiger partial charge in [0.15, 0.2) is 0 Å². The molecule has 1 amide bonds. The zero-order chi connectivity index (χ0) is 26.7. The fraction of sp³-hybridized carbons (Fsp3) is 0.161. The van der Waals surface area contributed by atoms with Crippen LogP contribution < -0.4 is 14.8 Å². The molecule has 0 bridgehead atoms. The Labute approximate surface area is 227 Å². The summed E-state index contributed by atoms with van der Waals surface area (Å²) in [6.07, 6.45) is 0.0771. The Morgan fingerprint density at radius 2 is 1.53 bits per heavy atom. The minimum absolute atomic E-state index is 0.0771. The Balaban J connectivity index is 1.59. The largest absolute Gasteiger partial charge is 0.489 e. The summed E-state index contributed by atoms with van der Waals surface area (Å²) < 4.78 is 16.8. The zero-order valence-electron chi connectivity index (χ0n) is 21.0. The number of carbonyl (C=O) groups excluding carboxylic acids is 2. The lowest BCUT2D eigenvalue weighted by Gasteiger charge is -2.17. The lowest BCUT2D eigenvalue weighted by atomic mass is 9.97. The van der Waals surface area contributed by atoms with E-state index in [9.17, 15) is 9.59 Å². The van der Waals surface area contributed by atoms with Crippen molar-refractivity contribution in [3.8, 4) is 22.6 Å². The number of hydrogen-bond acceptors (Lipinski definition) is 5. The van der Waals surface area contributed by atoms with E-state index in [1.807, 2.05) is 78.9 Å². The van der Waals surface area contributed by atoms with Crippen molar-refractivity contribution in [2.45, 2.75) is 19.6 Å². The molecule has 0 heterocycles. The normalized spacial score (nSPS) is 10.5. The molecule has 0 radical (unpaired) electrons. The van der Waals surface area contributed by atoms with Gasteiger partial charge in [-0.1, -0.05) is 78.3 Å². The molecule has 0 saturated carbocycles. The van der Waals surface area contributed by atoms with Crippen molar-refractivity contribution < 1.29 is 23.8 Å². The molecule has 0 fully saturated rings. The molecule has 0 aromatic heterocycles. The third kappa shape index (κ3) is 7.14. The molecule has 0 atom stereocenters. The predicted octanol–water partition coefficient (Wildman–Crippen LogP) is 6.46. The first-order valence-corrected chi connectivity index (χ1v) is 12.5. The average Bonchev–Trinajstić information content (AvgIpc) is 2.96. The first-order valence-electron chi connectivity index (χ1n) is 12.2. The average molecular weight is 530 g/mol. The van der Waals surface area contributed by atoms with Gasteiger partial charge in [0.05, 0.1) is 19.1 Å². The van der Waals surface area contributed by atoms with Crippen LogP contribution in [0.25, 0.3) is 11.1 Å². The van der Waals surface area contributed by atoms with Crippen LogP contribution in [0.4, 0.5) is 0 Å². The number of methoxy groups -OCH3 is 1. The van der Waals surface area contributed by atoms with Crippen molar-refractivity contribution in [1.82, 2.24) is 5.32 Å². The number of hydrogen-bond donors (Lipinski definition) is 1. The van der Waals surface area contributed by atoms with E-state index in [1.165, 1.54) is 7.11 Å². The van der Waals surface area contributed by atoms with E-state index in [0.717, 1.165) is 16.7 Å². The molecule has 4 aromatic carbocycles. The summed E-state index contributed by atoms with van der Waals surface area (Å²) in [5, 5.41) is 3.40. The minimum Gasteiger partial charge on any atom is -0.489 e. The van der Waals surface area contributed by atoms with Crippen molar-refractivity contribution >= 4 is 23.5 Å². The molecule has 4 aromatic rings. The summed E-state index contributed by atoms with van der Waals surface area (Å²) in [6, 6.07) is 30.2. The molecule has 194 valence electrons. The molecule has 0 unspecified atom stereocenters. The lowest BCUT2D eigenvalue weighted by molar-refractivity contribution is -0.140. The standard InChI is InChI=1S/C31H28ClNO5/c1-36-29(34)18-19-33-31(35)26-11-7-13-28(38-21-24-10-5-6-12-27(24)32)30(26)23-14-16-25(17-15-23)37-20-22-8-3-2-4-9-22/h2-17H,18-21H2,1H3,(H,33,35). The Morgan fingerprint density at radius 1 is 0.789 bits per heavy atom. The maximum absolute atomic E-state index is 13.2. The van der Waals surface area contributed by atoms with E-state index in [-0.39, 0.29) is 25.5 Å². The fourth-order valence-corrected chi connectivity index (χ4v) is 4.03. The maximum atomic E-state index is 13.2. The second kappa shape index (κ2) is 13.3. The number of halogens is 1. The topological polar surface area (TPSA) is 73.9 Å². The van der Waals surface area contributed by atoms with Crippen LogP contribution in [0.5, 0.6) is 11.5 Å². The number of carbonyl (C=O) groups is 2. The first kappa shape index (κ1) is 26.8. The van der Waals surface area contributed by atoms with E-state index in [2.05, 4.69) is 10.1 Å². The van der Waals surface area contributed by atoms with Gasteiger partial charge in [-0.3, -0.25) is 9.59 Å². The van der Waals surface area contributed by atoms with Crippen LogP contribution >= 0.6 is 11.6 Å². The molecular weight excluding hydrogens is 502 g/mol. The first-order chi connectivity index (χ1) is 18.5. The maximum Gasteiger partial charge on any atom is 0.307 e. The highest BCUT2D eigenvalue weighted by atomic mass is 35.5.